The van der Waals surface area contributed by atoms with Crippen molar-refractivity contribution in [3.63, 3.8) is 0 Å². The number of aromatic nitrogens is 2. The van der Waals surface area contributed by atoms with E-state index in [1.54, 1.807) is 0 Å². The lowest BCUT2D eigenvalue weighted by molar-refractivity contribution is 0.668. The van der Waals surface area contributed by atoms with Gasteiger partial charge in [-0.3, -0.25) is 0 Å². The lowest BCUT2D eigenvalue weighted by Crippen LogP contribution is -1.93. The molecule has 588 valence electrons. The Hall–Kier alpha value is -14.6. The van der Waals surface area contributed by atoms with Gasteiger partial charge in [-0.1, -0.05) is 284 Å². The second-order valence-electron chi connectivity index (χ2n) is 31.5. The molecule has 0 unspecified atom stereocenters. The van der Waals surface area contributed by atoms with Crippen LogP contribution in [0.25, 0.3) is 183 Å². The number of hydrogen-bond donors (Lipinski definition) is 0. The zero-order chi connectivity index (χ0) is 82.7. The first-order valence-electron chi connectivity index (χ1n) is 41.6. The zero-order valence-electron chi connectivity index (χ0n) is 69.1. The minimum absolute atomic E-state index is 0.966. The first-order chi connectivity index (χ1) is 59.9. The lowest BCUT2D eigenvalue weighted by Gasteiger charge is -2.08. The fourth-order valence-corrected chi connectivity index (χ4v) is 19.2. The number of benzene rings is 18. The minimum atomic E-state index is 0.966. The van der Waals surface area contributed by atoms with Crippen molar-refractivity contribution in [2.75, 3.05) is 0 Å². The van der Waals surface area contributed by atoms with E-state index in [2.05, 4.69) is 391 Å². The van der Waals surface area contributed by atoms with Gasteiger partial charge in [0.05, 0.1) is 22.1 Å². The number of para-hydroxylation sites is 5. The van der Waals surface area contributed by atoms with Crippen LogP contribution in [0.3, 0.4) is 0 Å². The molecule has 7 aromatic heterocycles. The van der Waals surface area contributed by atoms with E-state index in [4.69, 9.17) is 13.3 Å². The van der Waals surface area contributed by atoms with Crippen LogP contribution in [0.2, 0.25) is 0 Å². The van der Waals surface area contributed by atoms with E-state index >= 15 is 0 Å². The highest BCUT2D eigenvalue weighted by Crippen LogP contribution is 2.41. The van der Waals surface area contributed by atoms with Crippen LogP contribution in [0.15, 0.2) is 420 Å². The predicted octanol–water partition coefficient (Wildman–Crippen LogP) is 33.9. The molecule has 0 saturated carbocycles. The first kappa shape index (κ1) is 77.3. The summed E-state index contributed by atoms with van der Waals surface area (Å²) in [5.41, 5.74) is 27.3. The molecule has 25 aromatic rings. The second kappa shape index (κ2) is 34.0. The Labute approximate surface area is 717 Å². The van der Waals surface area contributed by atoms with Crippen molar-refractivity contribution >= 4 is 172 Å². The van der Waals surface area contributed by atoms with Crippen LogP contribution in [-0.2, 0) is 0 Å². The summed E-state index contributed by atoms with van der Waals surface area (Å²) >= 11 is 3.75. The number of fused-ring (bicyclic) bond motifs is 21. The van der Waals surface area contributed by atoms with E-state index in [0.717, 1.165) is 33.5 Å². The van der Waals surface area contributed by atoms with E-state index < -0.39 is 0 Å². The van der Waals surface area contributed by atoms with Gasteiger partial charge in [0.15, 0.2) is 0 Å². The van der Waals surface area contributed by atoms with Gasteiger partial charge in [0.25, 0.3) is 0 Å². The Morgan fingerprint density at radius 2 is 0.533 bits per heavy atom. The molecule has 5 nitrogen and oxygen atoms in total. The third-order valence-corrected chi connectivity index (χ3v) is 25.1. The molecule has 0 atom stereocenters. The number of furan rings is 3. The van der Waals surface area contributed by atoms with Crippen LogP contribution in [0.1, 0.15) is 38.9 Å². The predicted molar refractivity (Wildman–Crippen MR) is 525 cm³/mol. The molecular formula is C115H88N2O3S2. The number of nitrogens with zero attached hydrogens (tertiary/aromatic N) is 2. The Balaban J connectivity index is 0.0000000956. The quantitative estimate of drug-likeness (QED) is 0.176. The maximum Gasteiger partial charge on any atom is 0.135 e. The zero-order valence-corrected chi connectivity index (χ0v) is 70.8. The maximum atomic E-state index is 5.73. The van der Waals surface area contributed by atoms with Crippen molar-refractivity contribution in [1.82, 2.24) is 9.13 Å². The molecule has 0 amide bonds. The molecule has 18 aromatic carbocycles. The highest BCUT2D eigenvalue weighted by atomic mass is 32.1. The van der Waals surface area contributed by atoms with E-state index in [9.17, 15) is 0 Å². The molecule has 122 heavy (non-hydrogen) atoms. The Kier molecular flexibility index (Phi) is 21.6. The molecule has 25 rings (SSSR count). The molecule has 0 saturated heterocycles. The molecule has 0 N–H and O–H groups in total. The van der Waals surface area contributed by atoms with Crippen LogP contribution in [-0.4, -0.2) is 9.13 Å². The Morgan fingerprint density at radius 1 is 0.180 bits per heavy atom. The number of thiophene rings is 2. The summed E-state index contributed by atoms with van der Waals surface area (Å²) in [6.07, 6.45) is 0. The first-order valence-corrected chi connectivity index (χ1v) is 43.2. The molecule has 7 heterocycles. The van der Waals surface area contributed by atoms with Gasteiger partial charge in [-0.2, -0.15) is 0 Å². The average Bonchev–Trinajstić information content (AvgIpc) is 1.59. The number of hydrogen-bond acceptors (Lipinski definition) is 5. The summed E-state index contributed by atoms with van der Waals surface area (Å²) in [7, 11) is 0. The lowest BCUT2D eigenvalue weighted by atomic mass is 10.0. The van der Waals surface area contributed by atoms with Crippen LogP contribution in [0, 0.1) is 48.5 Å². The van der Waals surface area contributed by atoms with Crippen molar-refractivity contribution in [3.05, 3.63) is 445 Å². The molecule has 0 aliphatic rings. The largest absolute Gasteiger partial charge is 0.456 e. The van der Waals surface area contributed by atoms with Crippen LogP contribution in [0.4, 0.5) is 0 Å². The van der Waals surface area contributed by atoms with E-state index in [1.165, 1.54) is 189 Å². The Morgan fingerprint density at radius 3 is 1.14 bits per heavy atom. The fourth-order valence-electron chi connectivity index (χ4n) is 16.9. The summed E-state index contributed by atoms with van der Waals surface area (Å²) in [5, 5.41) is 18.0. The van der Waals surface area contributed by atoms with Crippen LogP contribution in [0.5, 0.6) is 0 Å². The van der Waals surface area contributed by atoms with Gasteiger partial charge in [0.1, 0.15) is 33.5 Å². The smallest absolute Gasteiger partial charge is 0.135 e. The molecule has 0 radical (unpaired) electrons. The molecule has 0 aliphatic heterocycles. The van der Waals surface area contributed by atoms with E-state index in [0.29, 0.717) is 0 Å². The highest BCUT2D eigenvalue weighted by molar-refractivity contribution is 7.26. The molecular weight excluding hydrogens is 1520 g/mol. The molecule has 7 heteroatoms. The summed E-state index contributed by atoms with van der Waals surface area (Å²) < 4.78 is 27.4. The summed E-state index contributed by atoms with van der Waals surface area (Å²) in [6, 6.07) is 143. The maximum absolute atomic E-state index is 5.73. The van der Waals surface area contributed by atoms with Gasteiger partial charge in [-0.25, -0.2) is 0 Å². The standard InChI is InChI=1S/2C25H19N.3C13H10O.2C13H10S/c1-18-12-14-24-22(16-18)23-17-20(19-8-4-2-5-9-19)13-15-25(23)26(24)21-10-6-3-7-11-21;1-18-12-14-22-23-17-20(19-8-4-2-5-9-19)13-15-24(23)26(25(22)16-18)21-10-6-3-7-11-21;1-9-5-4-8-12-13(9)10-6-2-3-7-11(10)14-12;1-9-6-7-13-11(8-9)10-4-2-3-5-12(10)14-13;1-9-6-7-11-10-4-2-3-5-12(10)14-13(11)8-9;1-9-6-7-13-11(8-9)10-4-2-3-5-12(10)14-13;1-9-6-7-11-10-4-2-3-5-12(10)14-13(11)8-9/h2*2-17H,1H3;5*2-8H,1H3. The van der Waals surface area contributed by atoms with Gasteiger partial charge in [0.2, 0.25) is 0 Å². The average molecular weight is 1610 g/mol. The van der Waals surface area contributed by atoms with E-state index in [-0.39, 0.29) is 0 Å². The third kappa shape index (κ3) is 15.7. The Bertz CT molecular complexity index is 7850. The van der Waals surface area contributed by atoms with Crippen molar-refractivity contribution in [2.24, 2.45) is 0 Å². The van der Waals surface area contributed by atoms with Crippen molar-refractivity contribution < 1.29 is 13.3 Å². The fraction of sp³-hybridized carbons (Fsp3) is 0.0609. The van der Waals surface area contributed by atoms with Crippen LogP contribution < -0.4 is 0 Å². The number of aryl methyl sites for hydroxylation is 7. The molecule has 0 fully saturated rings. The van der Waals surface area contributed by atoms with Gasteiger partial charge in [-0.15, -0.1) is 22.7 Å². The van der Waals surface area contributed by atoms with Crippen LogP contribution >= 0.6 is 22.7 Å². The van der Waals surface area contributed by atoms with Gasteiger partial charge in [0, 0.05) is 106 Å². The molecule has 0 spiro atoms. The van der Waals surface area contributed by atoms with Crippen molar-refractivity contribution in [3.8, 4) is 33.6 Å². The SMILES string of the molecule is Cc1ccc2c(c1)c1cc(-c3ccccc3)ccc1n2-c1ccccc1.Cc1ccc2c(c1)oc1ccccc12.Cc1ccc2c(c1)sc1ccccc12.Cc1ccc2c3cc(-c4ccccc4)ccc3n(-c3ccccc3)c2c1.Cc1ccc2oc3ccccc3c2c1.Cc1ccc2sc3ccccc3c2c1.Cc1cccc2oc3ccccc3c12. The summed E-state index contributed by atoms with van der Waals surface area (Å²) in [6.45, 7) is 14.9. The summed E-state index contributed by atoms with van der Waals surface area (Å²) in [4.78, 5) is 0. The van der Waals surface area contributed by atoms with Gasteiger partial charge in [-0.05, 0) is 233 Å². The topological polar surface area (TPSA) is 49.3 Å². The molecule has 0 aliphatic carbocycles. The monoisotopic (exact) mass is 1610 g/mol. The second-order valence-corrected chi connectivity index (χ2v) is 33.7. The van der Waals surface area contributed by atoms with Crippen molar-refractivity contribution in [1.29, 1.82) is 0 Å². The molecule has 0 bridgehead atoms. The third-order valence-electron chi connectivity index (χ3n) is 22.8. The normalized spacial score (nSPS) is 11.2. The van der Waals surface area contributed by atoms with Crippen molar-refractivity contribution in [2.45, 2.75) is 48.5 Å². The highest BCUT2D eigenvalue weighted by Gasteiger charge is 2.17. The summed E-state index contributed by atoms with van der Waals surface area (Å²) in [5.74, 6) is 0. The van der Waals surface area contributed by atoms with Gasteiger partial charge >= 0.3 is 0 Å². The number of rotatable bonds is 4. The van der Waals surface area contributed by atoms with E-state index in [1.807, 2.05) is 95.5 Å². The minimum Gasteiger partial charge on any atom is -0.456 e. The van der Waals surface area contributed by atoms with Gasteiger partial charge < -0.3 is 22.4 Å².